The Kier molecular flexibility index (Phi) is 4.60. The van der Waals surface area contributed by atoms with Crippen molar-refractivity contribution in [3.63, 3.8) is 0 Å². The standard InChI is InChI=1S/C17H19ClFN5OS/c1-10-20-17-24(21-10)16(25)15(26-17)14(23-7-5-22(2)6-8-23)11-3-4-13(19)12(18)9-11/h3-4,9,14,25H,5-8H2,1-2H3. The molecule has 1 atom stereocenters. The fourth-order valence-electron chi connectivity index (χ4n) is 3.32. The van der Waals surface area contributed by atoms with E-state index >= 15 is 0 Å². The van der Waals surface area contributed by atoms with Crippen LogP contribution in [0.1, 0.15) is 22.3 Å². The van der Waals surface area contributed by atoms with E-state index in [0.29, 0.717) is 10.8 Å². The monoisotopic (exact) mass is 395 g/mol. The van der Waals surface area contributed by atoms with Crippen LogP contribution >= 0.6 is 22.9 Å². The molecule has 1 aliphatic heterocycles. The van der Waals surface area contributed by atoms with Crippen LogP contribution in [0.5, 0.6) is 5.88 Å². The largest absolute Gasteiger partial charge is 0.492 e. The number of hydrogen-bond acceptors (Lipinski definition) is 6. The number of rotatable bonds is 3. The molecule has 1 fully saturated rings. The molecule has 1 aliphatic rings. The van der Waals surface area contributed by atoms with E-state index in [1.165, 1.54) is 21.9 Å². The van der Waals surface area contributed by atoms with Crippen molar-refractivity contribution in [1.29, 1.82) is 0 Å². The predicted molar refractivity (Wildman–Crippen MR) is 99.6 cm³/mol. The number of aromatic nitrogens is 3. The third-order valence-corrected chi connectivity index (χ3v) is 6.08. The molecule has 4 rings (SSSR count). The highest BCUT2D eigenvalue weighted by Crippen LogP contribution is 2.40. The van der Waals surface area contributed by atoms with Crippen LogP contribution in [0, 0.1) is 12.7 Å². The second-order valence-electron chi connectivity index (χ2n) is 6.56. The first-order chi connectivity index (χ1) is 12.4. The molecule has 0 amide bonds. The molecule has 1 unspecified atom stereocenters. The minimum atomic E-state index is -0.449. The lowest BCUT2D eigenvalue weighted by atomic mass is 10.0. The molecule has 2 aromatic heterocycles. The molecule has 3 heterocycles. The fraction of sp³-hybridized carbons (Fsp3) is 0.412. The number of aromatic hydroxyl groups is 1. The smallest absolute Gasteiger partial charge is 0.230 e. The average Bonchev–Trinajstić information content (AvgIpc) is 3.11. The maximum atomic E-state index is 13.7. The van der Waals surface area contributed by atoms with E-state index in [9.17, 15) is 9.50 Å². The number of piperazine rings is 1. The summed E-state index contributed by atoms with van der Waals surface area (Å²) in [6, 6.07) is 4.51. The van der Waals surface area contributed by atoms with Crippen LogP contribution < -0.4 is 0 Å². The summed E-state index contributed by atoms with van der Waals surface area (Å²) in [7, 11) is 2.09. The Morgan fingerprint density at radius 2 is 2.00 bits per heavy atom. The molecule has 1 N–H and O–H groups in total. The highest BCUT2D eigenvalue weighted by atomic mass is 35.5. The maximum Gasteiger partial charge on any atom is 0.230 e. The number of nitrogens with zero attached hydrogens (tertiary/aromatic N) is 5. The van der Waals surface area contributed by atoms with Gasteiger partial charge in [0, 0.05) is 26.2 Å². The average molecular weight is 396 g/mol. The van der Waals surface area contributed by atoms with Gasteiger partial charge in [0.25, 0.3) is 0 Å². The summed E-state index contributed by atoms with van der Waals surface area (Å²) < 4.78 is 15.1. The van der Waals surface area contributed by atoms with E-state index in [1.54, 1.807) is 19.1 Å². The summed E-state index contributed by atoms with van der Waals surface area (Å²) in [5, 5.41) is 15.1. The summed E-state index contributed by atoms with van der Waals surface area (Å²) in [5.74, 6) is 0.240. The Morgan fingerprint density at radius 3 is 2.65 bits per heavy atom. The first-order valence-corrected chi connectivity index (χ1v) is 9.56. The first kappa shape index (κ1) is 17.7. The molecule has 0 radical (unpaired) electrons. The zero-order valence-electron chi connectivity index (χ0n) is 14.5. The van der Waals surface area contributed by atoms with E-state index < -0.39 is 5.82 Å². The van der Waals surface area contributed by atoms with Gasteiger partial charge in [-0.2, -0.15) is 4.52 Å². The molecule has 0 aliphatic carbocycles. The van der Waals surface area contributed by atoms with E-state index in [4.69, 9.17) is 11.6 Å². The molecule has 9 heteroatoms. The van der Waals surface area contributed by atoms with Crippen LogP contribution in [0.3, 0.4) is 0 Å². The molecule has 6 nitrogen and oxygen atoms in total. The first-order valence-electron chi connectivity index (χ1n) is 8.36. The quantitative estimate of drug-likeness (QED) is 0.739. The lowest BCUT2D eigenvalue weighted by molar-refractivity contribution is 0.127. The molecule has 138 valence electrons. The van der Waals surface area contributed by atoms with Crippen molar-refractivity contribution in [2.24, 2.45) is 0 Å². The zero-order valence-corrected chi connectivity index (χ0v) is 16.1. The highest BCUT2D eigenvalue weighted by molar-refractivity contribution is 7.17. The Labute approximate surface area is 159 Å². The topological polar surface area (TPSA) is 56.9 Å². The van der Waals surface area contributed by atoms with Gasteiger partial charge in [0.1, 0.15) is 11.6 Å². The number of halogens is 2. The second kappa shape index (κ2) is 6.77. The van der Waals surface area contributed by atoms with Gasteiger partial charge in [0.15, 0.2) is 0 Å². The molecular formula is C17H19ClFN5OS. The van der Waals surface area contributed by atoms with Crippen LogP contribution in [0.4, 0.5) is 4.39 Å². The number of likely N-dealkylation sites (N-methyl/N-ethyl adjacent to an activating group) is 1. The number of thiazole rings is 1. The molecule has 1 aromatic carbocycles. The lowest BCUT2D eigenvalue weighted by Crippen LogP contribution is -2.46. The van der Waals surface area contributed by atoms with Crippen LogP contribution in [0.25, 0.3) is 4.96 Å². The van der Waals surface area contributed by atoms with E-state index in [0.717, 1.165) is 36.6 Å². The summed E-state index contributed by atoms with van der Waals surface area (Å²) in [6.45, 7) is 5.30. The number of fused-ring (bicyclic) bond motifs is 1. The summed E-state index contributed by atoms with van der Waals surface area (Å²) >= 11 is 7.43. The second-order valence-corrected chi connectivity index (χ2v) is 7.97. The van der Waals surface area contributed by atoms with Gasteiger partial charge in [-0.3, -0.25) is 4.90 Å². The third kappa shape index (κ3) is 3.07. The lowest BCUT2D eigenvalue weighted by Gasteiger charge is -2.37. The van der Waals surface area contributed by atoms with Crippen molar-refractivity contribution < 1.29 is 9.50 Å². The highest BCUT2D eigenvalue weighted by Gasteiger charge is 2.31. The molecule has 1 saturated heterocycles. The molecule has 0 saturated carbocycles. The van der Waals surface area contributed by atoms with Gasteiger partial charge in [-0.25, -0.2) is 9.37 Å². The van der Waals surface area contributed by atoms with Gasteiger partial charge in [-0.1, -0.05) is 29.0 Å². The number of aryl methyl sites for hydroxylation is 1. The van der Waals surface area contributed by atoms with Crippen molar-refractivity contribution in [2.45, 2.75) is 13.0 Å². The Hall–Kier alpha value is -1.74. The van der Waals surface area contributed by atoms with Crippen molar-refractivity contribution in [3.8, 4) is 5.88 Å². The normalized spacial score (nSPS) is 17.8. The number of hydrogen-bond donors (Lipinski definition) is 1. The molecular weight excluding hydrogens is 377 g/mol. The Morgan fingerprint density at radius 1 is 1.27 bits per heavy atom. The Balaban J connectivity index is 1.82. The van der Waals surface area contributed by atoms with E-state index in [2.05, 4.69) is 26.9 Å². The van der Waals surface area contributed by atoms with Crippen molar-refractivity contribution in [1.82, 2.24) is 24.4 Å². The Bertz CT molecular complexity index is 950. The number of benzene rings is 1. The summed E-state index contributed by atoms with van der Waals surface area (Å²) in [4.78, 5) is 10.3. The fourth-order valence-corrected chi connectivity index (χ4v) is 4.67. The molecule has 26 heavy (non-hydrogen) atoms. The minimum absolute atomic E-state index is 0.0787. The summed E-state index contributed by atoms with van der Waals surface area (Å²) in [6.07, 6.45) is 0. The predicted octanol–water partition coefficient (Wildman–Crippen LogP) is 2.93. The van der Waals surface area contributed by atoms with Gasteiger partial charge in [0.05, 0.1) is 15.9 Å². The van der Waals surface area contributed by atoms with Crippen molar-refractivity contribution in [2.75, 3.05) is 33.2 Å². The van der Waals surface area contributed by atoms with Crippen LogP contribution in [0.2, 0.25) is 5.02 Å². The van der Waals surface area contributed by atoms with Crippen molar-refractivity contribution in [3.05, 3.63) is 45.3 Å². The molecule has 3 aromatic rings. The van der Waals surface area contributed by atoms with E-state index in [-0.39, 0.29) is 16.9 Å². The van der Waals surface area contributed by atoms with Gasteiger partial charge in [-0.15, -0.1) is 5.10 Å². The van der Waals surface area contributed by atoms with Crippen LogP contribution in [0.15, 0.2) is 18.2 Å². The maximum absolute atomic E-state index is 13.7. The van der Waals surface area contributed by atoms with Gasteiger partial charge in [-0.05, 0) is 31.7 Å². The van der Waals surface area contributed by atoms with Gasteiger partial charge >= 0.3 is 0 Å². The third-order valence-electron chi connectivity index (χ3n) is 4.72. The SMILES string of the molecule is Cc1nc2sc(C(c3ccc(F)c(Cl)c3)N3CCN(C)CC3)c(O)n2n1. The van der Waals surface area contributed by atoms with Gasteiger partial charge < -0.3 is 10.0 Å². The van der Waals surface area contributed by atoms with Crippen molar-refractivity contribution >= 4 is 27.9 Å². The zero-order chi connectivity index (χ0) is 18.4. The molecule has 0 bridgehead atoms. The van der Waals surface area contributed by atoms with E-state index in [1.807, 2.05) is 0 Å². The van der Waals surface area contributed by atoms with Crippen LogP contribution in [-0.2, 0) is 0 Å². The minimum Gasteiger partial charge on any atom is -0.492 e. The summed E-state index contributed by atoms with van der Waals surface area (Å²) in [5.41, 5.74) is 0.845. The van der Waals surface area contributed by atoms with Gasteiger partial charge in [0.2, 0.25) is 10.8 Å². The molecule has 0 spiro atoms. The van der Waals surface area contributed by atoms with Crippen LogP contribution in [-0.4, -0.2) is 62.7 Å².